The summed E-state index contributed by atoms with van der Waals surface area (Å²) >= 11 is 0. The molecule has 1 aromatic carbocycles. The summed E-state index contributed by atoms with van der Waals surface area (Å²) in [5.41, 5.74) is 2.19. The van der Waals surface area contributed by atoms with Crippen molar-refractivity contribution >= 4 is 15.7 Å². The molecule has 0 saturated carbocycles. The maximum absolute atomic E-state index is 12.2. The van der Waals surface area contributed by atoms with E-state index in [-0.39, 0.29) is 11.1 Å². The van der Waals surface area contributed by atoms with Gasteiger partial charge in [0.2, 0.25) is 0 Å². The quantitative estimate of drug-likeness (QED) is 0.788. The third-order valence-corrected chi connectivity index (χ3v) is 4.74. The number of hydrogen-bond donors (Lipinski definition) is 3. The Morgan fingerprint density at radius 3 is 2.90 bits per heavy atom. The zero-order valence-electron chi connectivity index (χ0n) is 11.1. The van der Waals surface area contributed by atoms with E-state index in [9.17, 15) is 8.42 Å². The third-order valence-electron chi connectivity index (χ3n) is 3.31. The van der Waals surface area contributed by atoms with E-state index in [1.54, 1.807) is 6.92 Å². The molecule has 1 atom stereocenters. The first-order chi connectivity index (χ1) is 9.54. The summed E-state index contributed by atoms with van der Waals surface area (Å²) in [5, 5.41) is 3.34. The minimum atomic E-state index is -3.55. The highest BCUT2D eigenvalue weighted by molar-refractivity contribution is 7.89. The van der Waals surface area contributed by atoms with Gasteiger partial charge in [0.05, 0.1) is 6.20 Å². The van der Waals surface area contributed by atoms with E-state index in [4.69, 9.17) is 0 Å². The van der Waals surface area contributed by atoms with Crippen molar-refractivity contribution in [3.8, 4) is 0 Å². The molecule has 0 spiro atoms. The van der Waals surface area contributed by atoms with Crippen LogP contribution in [0.1, 0.15) is 11.4 Å². The van der Waals surface area contributed by atoms with Crippen LogP contribution in [-0.4, -0.2) is 31.0 Å². The Balaban J connectivity index is 1.77. The average molecular weight is 292 g/mol. The van der Waals surface area contributed by atoms with Crippen LogP contribution < -0.4 is 10.0 Å². The summed E-state index contributed by atoms with van der Waals surface area (Å²) < 4.78 is 27.1. The maximum Gasteiger partial charge on any atom is 0.257 e. The van der Waals surface area contributed by atoms with Gasteiger partial charge in [0.25, 0.3) is 10.0 Å². The molecule has 7 heteroatoms. The zero-order valence-corrected chi connectivity index (χ0v) is 11.9. The molecule has 3 N–H and O–H groups in total. The fraction of sp³-hybridized carbons (Fsp3) is 0.308. The number of rotatable bonds is 3. The van der Waals surface area contributed by atoms with Gasteiger partial charge in [-0.2, -0.15) is 0 Å². The van der Waals surface area contributed by atoms with Crippen molar-refractivity contribution in [1.29, 1.82) is 0 Å². The fourth-order valence-electron chi connectivity index (χ4n) is 2.34. The largest absolute Gasteiger partial charge is 0.383 e. The average Bonchev–Trinajstić information content (AvgIpc) is 2.86. The van der Waals surface area contributed by atoms with E-state index < -0.39 is 10.0 Å². The van der Waals surface area contributed by atoms with E-state index in [0.29, 0.717) is 18.8 Å². The number of aromatic amines is 1. The Morgan fingerprint density at radius 2 is 2.15 bits per heavy atom. The molecule has 3 rings (SSSR count). The van der Waals surface area contributed by atoms with Crippen molar-refractivity contribution < 1.29 is 8.42 Å². The third kappa shape index (κ3) is 2.54. The van der Waals surface area contributed by atoms with Crippen molar-refractivity contribution in [1.82, 2.24) is 14.7 Å². The molecule has 0 bridgehead atoms. The summed E-state index contributed by atoms with van der Waals surface area (Å²) in [6.07, 6.45) is 2.01. The Labute approximate surface area is 117 Å². The van der Waals surface area contributed by atoms with Crippen LogP contribution in [-0.2, 0) is 16.4 Å². The highest BCUT2D eigenvalue weighted by Gasteiger charge is 2.25. The van der Waals surface area contributed by atoms with Crippen molar-refractivity contribution in [2.24, 2.45) is 0 Å². The lowest BCUT2D eigenvalue weighted by Crippen LogP contribution is -2.43. The Bertz CT molecular complexity index is 723. The van der Waals surface area contributed by atoms with E-state index in [0.717, 1.165) is 11.3 Å². The molecule has 106 valence electrons. The number of hydrogen-bond acceptors (Lipinski definition) is 4. The number of anilines is 1. The molecular weight excluding hydrogens is 276 g/mol. The minimum Gasteiger partial charge on any atom is -0.383 e. The molecular formula is C13H16N4O2S. The number of sulfonamides is 1. The number of aromatic nitrogens is 2. The topological polar surface area (TPSA) is 86.9 Å². The van der Waals surface area contributed by atoms with Gasteiger partial charge in [0.1, 0.15) is 5.82 Å². The SMILES string of the molecule is Cc1ncc(S(=O)(=O)NC2CNc3ccccc3C2)[nH]1. The monoisotopic (exact) mass is 292 g/mol. The van der Waals surface area contributed by atoms with Crippen LogP contribution in [0.3, 0.4) is 0 Å². The summed E-state index contributed by atoms with van der Waals surface area (Å²) in [4.78, 5) is 6.66. The Hall–Kier alpha value is -1.86. The summed E-state index contributed by atoms with van der Waals surface area (Å²) in [6.45, 7) is 2.29. The molecule has 0 saturated heterocycles. The summed E-state index contributed by atoms with van der Waals surface area (Å²) in [5.74, 6) is 0.581. The number of H-pyrrole nitrogens is 1. The smallest absolute Gasteiger partial charge is 0.257 e. The molecule has 1 aliphatic heterocycles. The van der Waals surface area contributed by atoms with Crippen LogP contribution in [0.5, 0.6) is 0 Å². The highest BCUT2D eigenvalue weighted by Crippen LogP contribution is 2.21. The van der Waals surface area contributed by atoms with Crippen molar-refractivity contribution in [2.75, 3.05) is 11.9 Å². The minimum absolute atomic E-state index is 0.105. The number of fused-ring (bicyclic) bond motifs is 1. The fourth-order valence-corrected chi connectivity index (χ4v) is 3.55. The van der Waals surface area contributed by atoms with Gasteiger partial charge in [-0.05, 0) is 25.0 Å². The molecule has 0 fully saturated rings. The lowest BCUT2D eigenvalue weighted by molar-refractivity contribution is 0.546. The lowest BCUT2D eigenvalue weighted by Gasteiger charge is -2.26. The number of benzene rings is 1. The van der Waals surface area contributed by atoms with Crippen LogP contribution in [0.25, 0.3) is 0 Å². The lowest BCUT2D eigenvalue weighted by atomic mass is 10.0. The van der Waals surface area contributed by atoms with Gasteiger partial charge in [-0.15, -0.1) is 0 Å². The number of aryl methyl sites for hydroxylation is 1. The molecule has 2 heterocycles. The summed E-state index contributed by atoms with van der Waals surface area (Å²) in [7, 11) is -3.55. The summed E-state index contributed by atoms with van der Waals surface area (Å²) in [6, 6.07) is 7.75. The first-order valence-corrected chi connectivity index (χ1v) is 7.88. The van der Waals surface area contributed by atoms with Gasteiger partial charge in [-0.3, -0.25) is 0 Å². The Kier molecular flexibility index (Phi) is 3.23. The normalized spacial score (nSPS) is 18.4. The van der Waals surface area contributed by atoms with Gasteiger partial charge in [-0.1, -0.05) is 18.2 Å². The zero-order chi connectivity index (χ0) is 14.2. The highest BCUT2D eigenvalue weighted by atomic mass is 32.2. The second-order valence-corrected chi connectivity index (χ2v) is 6.58. The van der Waals surface area contributed by atoms with Crippen LogP contribution in [0, 0.1) is 6.92 Å². The van der Waals surface area contributed by atoms with Crippen LogP contribution in [0.15, 0.2) is 35.5 Å². The van der Waals surface area contributed by atoms with Gasteiger partial charge in [0, 0.05) is 18.3 Å². The van der Waals surface area contributed by atoms with E-state index in [1.165, 1.54) is 6.20 Å². The van der Waals surface area contributed by atoms with Crippen LogP contribution in [0.4, 0.5) is 5.69 Å². The molecule has 0 aliphatic carbocycles. The first kappa shape index (κ1) is 13.1. The standard InChI is InChI=1S/C13H16N4O2S/c1-9-14-8-13(16-9)20(18,19)17-11-6-10-4-2-3-5-12(10)15-7-11/h2-5,8,11,15,17H,6-7H2,1H3,(H,14,16). The van der Waals surface area contributed by atoms with Gasteiger partial charge < -0.3 is 10.3 Å². The maximum atomic E-state index is 12.2. The molecule has 6 nitrogen and oxygen atoms in total. The molecule has 0 amide bonds. The van der Waals surface area contributed by atoms with Crippen molar-refractivity contribution in [3.63, 3.8) is 0 Å². The second kappa shape index (κ2) is 4.92. The van der Waals surface area contributed by atoms with Gasteiger partial charge >= 0.3 is 0 Å². The van der Waals surface area contributed by atoms with Crippen molar-refractivity contribution in [3.05, 3.63) is 41.9 Å². The predicted octanol–water partition coefficient (Wildman–Crippen LogP) is 1.03. The van der Waals surface area contributed by atoms with Crippen molar-refractivity contribution in [2.45, 2.75) is 24.4 Å². The van der Waals surface area contributed by atoms with E-state index >= 15 is 0 Å². The molecule has 1 unspecified atom stereocenters. The number of nitrogens with one attached hydrogen (secondary N) is 3. The van der Waals surface area contributed by atoms with Crippen LogP contribution in [0.2, 0.25) is 0 Å². The molecule has 1 aliphatic rings. The number of para-hydroxylation sites is 1. The molecule has 0 radical (unpaired) electrons. The van der Waals surface area contributed by atoms with Crippen LogP contribution >= 0.6 is 0 Å². The van der Waals surface area contributed by atoms with E-state index in [1.807, 2.05) is 24.3 Å². The molecule has 2 aromatic rings. The second-order valence-electron chi connectivity index (χ2n) is 4.89. The predicted molar refractivity (Wildman–Crippen MR) is 76.1 cm³/mol. The van der Waals surface area contributed by atoms with Gasteiger partial charge in [-0.25, -0.2) is 18.1 Å². The number of nitrogens with zero attached hydrogens (tertiary/aromatic N) is 1. The van der Waals surface area contributed by atoms with E-state index in [2.05, 4.69) is 20.0 Å². The molecule has 20 heavy (non-hydrogen) atoms. The first-order valence-electron chi connectivity index (χ1n) is 6.40. The molecule has 1 aromatic heterocycles. The van der Waals surface area contributed by atoms with Gasteiger partial charge in [0.15, 0.2) is 5.03 Å². The Morgan fingerprint density at radius 1 is 1.35 bits per heavy atom. The number of imidazole rings is 1.